The summed E-state index contributed by atoms with van der Waals surface area (Å²) in [6.07, 6.45) is 1.66. The number of nitrogen functional groups attached to an aromatic ring is 2. The largest absolute Gasteiger partial charge is 0.398 e. The van der Waals surface area contributed by atoms with Crippen LogP contribution in [0.25, 0.3) is 0 Å². The third-order valence-electron chi connectivity index (χ3n) is 2.83. The highest BCUT2D eigenvalue weighted by atomic mass is 32.2. The van der Waals surface area contributed by atoms with Gasteiger partial charge < -0.3 is 11.5 Å². The van der Waals surface area contributed by atoms with Crippen molar-refractivity contribution in [2.75, 3.05) is 24.3 Å². The van der Waals surface area contributed by atoms with Gasteiger partial charge in [-0.05, 0) is 43.0 Å². The highest BCUT2D eigenvalue weighted by Crippen LogP contribution is 2.26. The van der Waals surface area contributed by atoms with E-state index in [1.54, 1.807) is 0 Å². The summed E-state index contributed by atoms with van der Waals surface area (Å²) in [5.41, 5.74) is 16.0. The van der Waals surface area contributed by atoms with Gasteiger partial charge in [0.25, 0.3) is 0 Å². The summed E-state index contributed by atoms with van der Waals surface area (Å²) in [5.74, 6) is 0. The van der Waals surface area contributed by atoms with Gasteiger partial charge in [-0.1, -0.05) is 0 Å². The van der Waals surface area contributed by atoms with Crippen molar-refractivity contribution in [3.63, 3.8) is 0 Å². The highest BCUT2D eigenvalue weighted by molar-refractivity contribution is 7.88. The van der Waals surface area contributed by atoms with Crippen molar-refractivity contribution in [2.45, 2.75) is 20.3 Å². The lowest BCUT2D eigenvalue weighted by Gasteiger charge is -2.13. The summed E-state index contributed by atoms with van der Waals surface area (Å²) >= 11 is 0. The van der Waals surface area contributed by atoms with Crippen LogP contribution in [0.3, 0.4) is 0 Å². The number of rotatable bonds is 4. The number of benzene rings is 1. The van der Waals surface area contributed by atoms with E-state index < -0.39 is 10.0 Å². The molecular weight excluding hydrogens is 238 g/mol. The molecule has 0 spiro atoms. The molecule has 0 aromatic heterocycles. The molecule has 6 heteroatoms. The van der Waals surface area contributed by atoms with E-state index in [4.69, 9.17) is 11.5 Å². The van der Waals surface area contributed by atoms with Gasteiger partial charge in [0.2, 0.25) is 10.0 Å². The van der Waals surface area contributed by atoms with Crippen LogP contribution < -0.4 is 16.2 Å². The minimum atomic E-state index is -3.16. The van der Waals surface area contributed by atoms with E-state index in [2.05, 4.69) is 4.72 Å². The highest BCUT2D eigenvalue weighted by Gasteiger charge is 2.09. The maximum Gasteiger partial charge on any atom is 0.208 e. The van der Waals surface area contributed by atoms with Crippen molar-refractivity contribution >= 4 is 21.4 Å². The lowest BCUT2D eigenvalue weighted by atomic mass is 9.99. The fraction of sp³-hybridized carbons (Fsp3) is 0.455. The SMILES string of the molecule is Cc1c(N)cc(CCNS(C)(=O)=O)c(N)c1C. The Bertz CT molecular complexity index is 524. The van der Waals surface area contributed by atoms with Gasteiger partial charge in [-0.15, -0.1) is 0 Å². The van der Waals surface area contributed by atoms with Gasteiger partial charge in [-0.25, -0.2) is 13.1 Å². The van der Waals surface area contributed by atoms with Gasteiger partial charge in [0.15, 0.2) is 0 Å². The predicted molar refractivity (Wildman–Crippen MR) is 71.3 cm³/mol. The zero-order valence-corrected chi connectivity index (χ0v) is 11.2. The monoisotopic (exact) mass is 257 g/mol. The zero-order chi connectivity index (χ0) is 13.2. The Kier molecular flexibility index (Phi) is 4.00. The van der Waals surface area contributed by atoms with Crippen molar-refractivity contribution in [1.29, 1.82) is 0 Å². The third-order valence-corrected chi connectivity index (χ3v) is 3.56. The number of nitrogens with one attached hydrogen (secondary N) is 1. The second-order valence-corrected chi connectivity index (χ2v) is 6.04. The quantitative estimate of drug-likeness (QED) is 0.686. The molecular formula is C11H19N3O2S. The van der Waals surface area contributed by atoms with Gasteiger partial charge in [0.05, 0.1) is 6.26 Å². The summed E-state index contributed by atoms with van der Waals surface area (Å²) < 4.78 is 24.3. The van der Waals surface area contributed by atoms with Gasteiger partial charge in [-0.3, -0.25) is 0 Å². The molecule has 0 radical (unpaired) electrons. The first-order valence-electron chi connectivity index (χ1n) is 5.31. The molecule has 5 N–H and O–H groups in total. The van der Waals surface area contributed by atoms with E-state index in [1.165, 1.54) is 0 Å². The van der Waals surface area contributed by atoms with E-state index in [-0.39, 0.29) is 0 Å². The lowest BCUT2D eigenvalue weighted by molar-refractivity contribution is 0.588. The van der Waals surface area contributed by atoms with Gasteiger partial charge in [-0.2, -0.15) is 0 Å². The smallest absolute Gasteiger partial charge is 0.208 e. The first kappa shape index (κ1) is 13.8. The molecule has 1 aromatic carbocycles. The van der Waals surface area contributed by atoms with Gasteiger partial charge in [0, 0.05) is 17.9 Å². The number of sulfonamides is 1. The maximum atomic E-state index is 10.9. The van der Waals surface area contributed by atoms with Crippen LogP contribution in [0.15, 0.2) is 6.07 Å². The second kappa shape index (κ2) is 4.93. The molecule has 0 atom stereocenters. The van der Waals surface area contributed by atoms with Crippen LogP contribution in [0, 0.1) is 13.8 Å². The normalized spacial score (nSPS) is 11.7. The Labute approximate surface area is 102 Å². The van der Waals surface area contributed by atoms with E-state index >= 15 is 0 Å². The van der Waals surface area contributed by atoms with Crippen LogP contribution >= 0.6 is 0 Å². The van der Waals surface area contributed by atoms with Crippen LogP contribution in [0.4, 0.5) is 11.4 Å². The maximum absolute atomic E-state index is 10.9. The first-order chi connectivity index (χ1) is 7.72. The van der Waals surface area contributed by atoms with Crippen LogP contribution in [0.1, 0.15) is 16.7 Å². The Hall–Kier alpha value is -1.27. The van der Waals surface area contributed by atoms with Gasteiger partial charge >= 0.3 is 0 Å². The zero-order valence-electron chi connectivity index (χ0n) is 10.4. The Morgan fingerprint density at radius 2 is 1.82 bits per heavy atom. The molecule has 17 heavy (non-hydrogen) atoms. The number of hydrogen-bond acceptors (Lipinski definition) is 4. The summed E-state index contributed by atoms with van der Waals surface area (Å²) in [6, 6.07) is 1.81. The molecule has 1 rings (SSSR count). The molecule has 1 aromatic rings. The average molecular weight is 257 g/mol. The average Bonchev–Trinajstić information content (AvgIpc) is 2.21. The molecule has 0 aliphatic rings. The Morgan fingerprint density at radius 3 is 2.35 bits per heavy atom. The lowest BCUT2D eigenvalue weighted by Crippen LogP contribution is -2.24. The predicted octanol–water partition coefficient (Wildman–Crippen LogP) is 0.560. The third kappa shape index (κ3) is 3.61. The molecule has 0 saturated carbocycles. The number of nitrogens with two attached hydrogens (primary N) is 2. The molecule has 0 saturated heterocycles. The van der Waals surface area contributed by atoms with Gasteiger partial charge in [0.1, 0.15) is 0 Å². The summed E-state index contributed by atoms with van der Waals surface area (Å²) in [4.78, 5) is 0. The molecule has 5 nitrogen and oxygen atoms in total. The van der Waals surface area contributed by atoms with E-state index in [0.29, 0.717) is 24.3 Å². The van der Waals surface area contributed by atoms with Crippen molar-refractivity contribution < 1.29 is 8.42 Å². The molecule has 0 amide bonds. The second-order valence-electron chi connectivity index (χ2n) is 4.21. The molecule has 0 aliphatic carbocycles. The summed E-state index contributed by atoms with van der Waals surface area (Å²) in [5, 5.41) is 0. The minimum Gasteiger partial charge on any atom is -0.398 e. The fourth-order valence-corrected chi connectivity index (χ4v) is 2.08. The van der Waals surface area contributed by atoms with E-state index in [1.807, 2.05) is 19.9 Å². The molecule has 0 unspecified atom stereocenters. The fourth-order valence-electron chi connectivity index (χ4n) is 1.61. The number of hydrogen-bond donors (Lipinski definition) is 3. The Balaban J connectivity index is 2.86. The Morgan fingerprint density at radius 1 is 1.24 bits per heavy atom. The summed E-state index contributed by atoms with van der Waals surface area (Å²) in [7, 11) is -3.16. The molecule has 96 valence electrons. The van der Waals surface area contributed by atoms with Crippen molar-refractivity contribution in [3.05, 3.63) is 22.8 Å². The summed E-state index contributed by atoms with van der Waals surface area (Å²) in [6.45, 7) is 4.15. The van der Waals surface area contributed by atoms with Crippen LogP contribution in [0.2, 0.25) is 0 Å². The molecule has 0 aliphatic heterocycles. The van der Waals surface area contributed by atoms with E-state index in [9.17, 15) is 8.42 Å². The minimum absolute atomic E-state index is 0.324. The standard InChI is InChI=1S/C11H19N3O2S/c1-7-8(2)11(13)9(6-10(7)12)4-5-14-17(3,15)16/h6,14H,4-5,12-13H2,1-3H3. The van der Waals surface area contributed by atoms with Crippen molar-refractivity contribution in [2.24, 2.45) is 0 Å². The van der Waals surface area contributed by atoms with Crippen molar-refractivity contribution in [1.82, 2.24) is 4.72 Å². The van der Waals surface area contributed by atoms with Crippen LogP contribution in [0.5, 0.6) is 0 Å². The topological polar surface area (TPSA) is 98.2 Å². The van der Waals surface area contributed by atoms with E-state index in [0.717, 1.165) is 22.9 Å². The molecule has 0 bridgehead atoms. The van der Waals surface area contributed by atoms with Crippen LogP contribution in [-0.2, 0) is 16.4 Å². The van der Waals surface area contributed by atoms with Crippen molar-refractivity contribution in [3.8, 4) is 0 Å². The molecule has 0 heterocycles. The van der Waals surface area contributed by atoms with Crippen LogP contribution in [-0.4, -0.2) is 21.2 Å². The first-order valence-corrected chi connectivity index (χ1v) is 7.20. The molecule has 0 fully saturated rings. The number of anilines is 2.